The van der Waals surface area contributed by atoms with Crippen LogP contribution in [0.15, 0.2) is 133 Å². The molecular formula is C84H104N2. The van der Waals surface area contributed by atoms with Crippen LogP contribution in [0, 0.1) is 53.4 Å². The molecule has 0 radical (unpaired) electrons. The third kappa shape index (κ3) is 11.3. The number of nitrogens with zero attached hydrogens (tertiary/aromatic N) is 2. The number of anilines is 6. The Bertz CT molecular complexity index is 3700. The van der Waals surface area contributed by atoms with Gasteiger partial charge in [-0.15, -0.1) is 0 Å². The van der Waals surface area contributed by atoms with Gasteiger partial charge in [0, 0.05) is 33.6 Å². The summed E-state index contributed by atoms with van der Waals surface area (Å²) in [4.78, 5) is 5.23. The van der Waals surface area contributed by atoms with Crippen molar-refractivity contribution in [2.75, 3.05) is 9.80 Å². The van der Waals surface area contributed by atoms with E-state index >= 15 is 0 Å². The van der Waals surface area contributed by atoms with Crippen LogP contribution in [-0.2, 0) is 34.5 Å². The number of fused-ring (bicyclic) bond motifs is 4. The maximum atomic E-state index is 2.69. The highest BCUT2D eigenvalue weighted by atomic mass is 15.2. The monoisotopic (exact) mass is 1140 g/mol. The molecular weight excluding hydrogens is 1040 g/mol. The summed E-state index contributed by atoms with van der Waals surface area (Å²) in [6, 6.07) is 54.4. The molecule has 2 nitrogen and oxygen atoms in total. The van der Waals surface area contributed by atoms with Crippen molar-refractivity contribution in [1.82, 2.24) is 0 Å². The summed E-state index contributed by atoms with van der Waals surface area (Å²) in [5, 5.41) is 2.95. The third-order valence-corrected chi connectivity index (χ3v) is 21.6. The Morgan fingerprint density at radius 3 is 1.21 bits per heavy atom. The molecule has 2 saturated carbocycles. The topological polar surface area (TPSA) is 6.48 Å². The summed E-state index contributed by atoms with van der Waals surface area (Å²) in [6.45, 7) is 37.5. The molecule has 86 heavy (non-hydrogen) atoms. The van der Waals surface area contributed by atoms with Crippen LogP contribution in [0.3, 0.4) is 0 Å². The third-order valence-electron chi connectivity index (χ3n) is 21.6. The first-order chi connectivity index (χ1) is 41.1. The maximum absolute atomic E-state index is 2.69. The highest BCUT2D eigenvalue weighted by Crippen LogP contribution is 2.70. The molecule has 8 aromatic rings. The lowest BCUT2D eigenvalue weighted by atomic mass is 9.55. The van der Waals surface area contributed by atoms with E-state index in [0.717, 1.165) is 12.8 Å². The number of rotatable bonds is 19. The van der Waals surface area contributed by atoms with Crippen LogP contribution in [0.2, 0.25) is 0 Å². The highest BCUT2D eigenvalue weighted by Gasteiger charge is 2.62. The number of aryl methyl sites for hydroxylation is 6. The smallest absolute Gasteiger partial charge is 0.0520 e. The van der Waals surface area contributed by atoms with Crippen LogP contribution >= 0.6 is 0 Å². The van der Waals surface area contributed by atoms with Gasteiger partial charge in [0.15, 0.2) is 0 Å². The Labute approximate surface area is 521 Å². The van der Waals surface area contributed by atoms with Crippen molar-refractivity contribution in [2.45, 2.75) is 235 Å². The zero-order valence-electron chi connectivity index (χ0n) is 56.1. The van der Waals surface area contributed by atoms with Crippen molar-refractivity contribution in [1.29, 1.82) is 0 Å². The maximum Gasteiger partial charge on any atom is 0.0520 e. The first kappa shape index (κ1) is 61.3. The first-order valence-electron chi connectivity index (χ1n) is 34.0. The van der Waals surface area contributed by atoms with Crippen LogP contribution in [0.1, 0.15) is 226 Å². The molecule has 0 spiro atoms. The minimum absolute atomic E-state index is 0.0378. The molecule has 3 aliphatic carbocycles. The van der Waals surface area contributed by atoms with Gasteiger partial charge in [-0.3, -0.25) is 0 Å². The average molecular weight is 1140 g/mol. The van der Waals surface area contributed by atoms with Crippen molar-refractivity contribution in [3.05, 3.63) is 200 Å². The quantitative estimate of drug-likeness (QED) is 0.0796. The summed E-state index contributed by atoms with van der Waals surface area (Å²) >= 11 is 0. The van der Waals surface area contributed by atoms with E-state index in [2.05, 4.69) is 254 Å². The minimum Gasteiger partial charge on any atom is -0.310 e. The van der Waals surface area contributed by atoms with Gasteiger partial charge in [-0.05, 0) is 246 Å². The van der Waals surface area contributed by atoms with E-state index in [1.807, 2.05) is 0 Å². The number of unbranched alkanes of at least 4 members (excludes halogenated alkanes) is 2. The molecule has 0 saturated heterocycles. The van der Waals surface area contributed by atoms with Gasteiger partial charge in [-0.1, -0.05) is 223 Å². The first-order valence-corrected chi connectivity index (χ1v) is 34.0. The average Bonchev–Trinajstić information content (AvgIpc) is 1.45. The highest BCUT2D eigenvalue weighted by molar-refractivity contribution is 5.94. The predicted molar refractivity (Wildman–Crippen MR) is 375 cm³/mol. The fourth-order valence-electron chi connectivity index (χ4n) is 16.8. The Morgan fingerprint density at radius 2 is 0.802 bits per heavy atom. The Kier molecular flexibility index (Phi) is 17.3. The van der Waals surface area contributed by atoms with Crippen molar-refractivity contribution in [3.8, 4) is 22.3 Å². The number of hydrogen-bond donors (Lipinski definition) is 0. The molecule has 2 heteroatoms. The van der Waals surface area contributed by atoms with Crippen LogP contribution in [0.5, 0.6) is 0 Å². The van der Waals surface area contributed by atoms with Gasteiger partial charge in [0.25, 0.3) is 0 Å². The normalized spacial score (nSPS) is 18.0. The second-order valence-corrected chi connectivity index (χ2v) is 29.7. The molecule has 0 heterocycles. The molecule has 0 N–H and O–H groups in total. The molecule has 11 rings (SSSR count). The molecule has 0 aliphatic heterocycles. The van der Waals surface area contributed by atoms with Crippen LogP contribution in [0.4, 0.5) is 34.1 Å². The molecule has 450 valence electrons. The summed E-state index contributed by atoms with van der Waals surface area (Å²) < 4.78 is 0. The number of benzene rings is 8. The van der Waals surface area contributed by atoms with E-state index in [1.54, 1.807) is 16.7 Å². The van der Waals surface area contributed by atoms with Crippen molar-refractivity contribution in [2.24, 2.45) is 11.8 Å². The second-order valence-electron chi connectivity index (χ2n) is 29.7. The summed E-state index contributed by atoms with van der Waals surface area (Å²) in [5.41, 5.74) is 30.3. The molecule has 0 aromatic heterocycles. The van der Waals surface area contributed by atoms with Gasteiger partial charge >= 0.3 is 0 Å². The lowest BCUT2D eigenvalue weighted by Crippen LogP contribution is -2.43. The molecule has 2 atom stereocenters. The van der Waals surface area contributed by atoms with E-state index in [1.165, 1.54) is 207 Å². The molecule has 0 amide bonds. The summed E-state index contributed by atoms with van der Waals surface area (Å²) in [6.07, 6.45) is 19.9. The largest absolute Gasteiger partial charge is 0.310 e. The van der Waals surface area contributed by atoms with Gasteiger partial charge < -0.3 is 9.80 Å². The molecule has 2 unspecified atom stereocenters. The Morgan fingerprint density at radius 1 is 0.407 bits per heavy atom. The summed E-state index contributed by atoms with van der Waals surface area (Å²) in [7, 11) is 0. The standard InChI is InChI=1S/C84H104N2/c1-17-21-25-61(19-3)49-65-43-56(6)44-75-66(50-62(20-4)26-22-18-2)51-64(52-76(65)75)63-29-33-70(34-30-63)86(80-59(9)47-68(48-60(80)10)82(14,15)16)72-36-38-74-73-37-35-71(53-77(73)83-39-23-41-84(83,42-24-40-83)78(74)54-72)85(69-31-27-55(5)28-32-69)79-57(7)45-67(46-58(79)8)81(11,12)13/h27-38,43-48,51-54,61-62H,17-26,39-42,49-50H2,1-16H3. The zero-order chi connectivity index (χ0) is 61.0. The fraction of sp³-hybridized carbons (Fsp3) is 0.452. The second kappa shape index (κ2) is 24.3. The minimum atomic E-state index is 0.0378. The van der Waals surface area contributed by atoms with Crippen molar-refractivity contribution in [3.63, 3.8) is 0 Å². The Hall–Kier alpha value is -6.38. The summed E-state index contributed by atoms with van der Waals surface area (Å²) in [5.74, 6) is 1.39. The predicted octanol–water partition coefficient (Wildman–Crippen LogP) is 24.9. The van der Waals surface area contributed by atoms with E-state index in [4.69, 9.17) is 0 Å². The van der Waals surface area contributed by atoms with E-state index in [0.29, 0.717) is 11.8 Å². The lowest BCUT2D eigenvalue weighted by Gasteiger charge is -2.48. The van der Waals surface area contributed by atoms with Crippen LogP contribution in [-0.4, -0.2) is 0 Å². The van der Waals surface area contributed by atoms with Gasteiger partial charge in [-0.2, -0.15) is 0 Å². The van der Waals surface area contributed by atoms with E-state index in [-0.39, 0.29) is 21.7 Å². The SMILES string of the molecule is CCCCC(CC)Cc1cc(-c2ccc(N(c3ccc4c(c3)C35CCCC3(CCC5)c3cc(N(c5ccc(C)cc5)c5c(C)cc(C(C)(C)C)cc5C)ccc3-4)c3c(C)cc(C(C)(C)C)cc3C)cc2)cc2c(CC(CC)CCCC)cc(C)cc12. The van der Waals surface area contributed by atoms with Gasteiger partial charge in [0.2, 0.25) is 0 Å². The zero-order valence-corrected chi connectivity index (χ0v) is 56.1. The van der Waals surface area contributed by atoms with Gasteiger partial charge in [0.05, 0.1) is 11.4 Å². The van der Waals surface area contributed by atoms with E-state index < -0.39 is 0 Å². The molecule has 2 fully saturated rings. The Balaban J connectivity index is 1.06. The molecule has 3 aliphatic rings. The lowest BCUT2D eigenvalue weighted by molar-refractivity contribution is 0.299. The van der Waals surface area contributed by atoms with Gasteiger partial charge in [-0.25, -0.2) is 0 Å². The van der Waals surface area contributed by atoms with E-state index in [9.17, 15) is 0 Å². The molecule has 0 bridgehead atoms. The van der Waals surface area contributed by atoms with Crippen molar-refractivity contribution >= 4 is 44.9 Å². The van der Waals surface area contributed by atoms with Crippen LogP contribution in [0.25, 0.3) is 33.0 Å². The fourth-order valence-corrected chi connectivity index (χ4v) is 16.8. The number of hydrogen-bond acceptors (Lipinski definition) is 2. The molecule has 8 aromatic carbocycles. The van der Waals surface area contributed by atoms with Crippen LogP contribution < -0.4 is 9.80 Å². The van der Waals surface area contributed by atoms with Gasteiger partial charge in [0.1, 0.15) is 0 Å². The van der Waals surface area contributed by atoms with Crippen molar-refractivity contribution < 1.29 is 0 Å².